The minimum absolute atomic E-state index is 0.0126. The third kappa shape index (κ3) is 2.87. The lowest BCUT2D eigenvalue weighted by Gasteiger charge is -2.26. The minimum Gasteiger partial charge on any atom is -0.314 e. The van der Waals surface area contributed by atoms with Gasteiger partial charge in [-0.2, -0.15) is 0 Å². The number of benzene rings is 1. The zero-order valence-corrected chi connectivity index (χ0v) is 9.08. The van der Waals surface area contributed by atoms with Crippen LogP contribution in [0.3, 0.4) is 0 Å². The summed E-state index contributed by atoms with van der Waals surface area (Å²) in [5.74, 6) is -0.368. The molecule has 86 valence electrons. The molecule has 1 aliphatic rings. The Kier molecular flexibility index (Phi) is 3.64. The smallest absolute Gasteiger partial charge is 0.176 e. The van der Waals surface area contributed by atoms with E-state index in [1.54, 1.807) is 12.1 Å². The molecule has 1 aliphatic heterocycles. The summed E-state index contributed by atoms with van der Waals surface area (Å²) in [4.78, 5) is 13.9. The van der Waals surface area contributed by atoms with Crippen LogP contribution < -0.4 is 5.32 Å². The van der Waals surface area contributed by atoms with Gasteiger partial charge in [-0.1, -0.05) is 12.1 Å². The van der Waals surface area contributed by atoms with E-state index >= 15 is 0 Å². The van der Waals surface area contributed by atoms with Crippen LogP contribution in [0.1, 0.15) is 10.4 Å². The van der Waals surface area contributed by atoms with Crippen LogP contribution >= 0.6 is 0 Å². The van der Waals surface area contributed by atoms with Crippen LogP contribution in [0.4, 0.5) is 4.39 Å². The Morgan fingerprint density at radius 3 is 2.81 bits per heavy atom. The van der Waals surface area contributed by atoms with Gasteiger partial charge in [-0.15, -0.1) is 0 Å². The van der Waals surface area contributed by atoms with Gasteiger partial charge in [0.15, 0.2) is 5.78 Å². The van der Waals surface area contributed by atoms with Gasteiger partial charge in [0.05, 0.1) is 6.54 Å². The first kappa shape index (κ1) is 11.2. The topological polar surface area (TPSA) is 32.3 Å². The Balaban J connectivity index is 1.97. The van der Waals surface area contributed by atoms with Gasteiger partial charge >= 0.3 is 0 Å². The van der Waals surface area contributed by atoms with Crippen LogP contribution in [0.15, 0.2) is 24.3 Å². The molecule has 1 N–H and O–H groups in total. The fraction of sp³-hybridized carbons (Fsp3) is 0.417. The number of Topliss-reactive ketones (excluding diaryl/α,β-unsaturated/α-hetero) is 1. The van der Waals surface area contributed by atoms with Crippen LogP contribution in [0.5, 0.6) is 0 Å². The summed E-state index contributed by atoms with van der Waals surface area (Å²) >= 11 is 0. The van der Waals surface area contributed by atoms with E-state index in [4.69, 9.17) is 0 Å². The predicted octanol–water partition coefficient (Wildman–Crippen LogP) is 0.914. The van der Waals surface area contributed by atoms with E-state index < -0.39 is 0 Å². The first-order chi connectivity index (χ1) is 7.75. The molecule has 0 spiro atoms. The lowest BCUT2D eigenvalue weighted by molar-refractivity contribution is 0.0921. The zero-order chi connectivity index (χ0) is 11.4. The molecule has 0 unspecified atom stereocenters. The highest BCUT2D eigenvalue weighted by molar-refractivity contribution is 5.97. The van der Waals surface area contributed by atoms with Gasteiger partial charge in [-0.25, -0.2) is 4.39 Å². The molecule has 1 saturated heterocycles. The molecule has 0 atom stereocenters. The van der Waals surface area contributed by atoms with Gasteiger partial charge < -0.3 is 5.32 Å². The van der Waals surface area contributed by atoms with E-state index in [9.17, 15) is 9.18 Å². The summed E-state index contributed by atoms with van der Waals surface area (Å²) in [5.41, 5.74) is 0.457. The first-order valence-electron chi connectivity index (χ1n) is 5.47. The number of rotatable bonds is 3. The molecule has 0 saturated carbocycles. The average molecular weight is 222 g/mol. The van der Waals surface area contributed by atoms with Crippen LogP contribution in [0.25, 0.3) is 0 Å². The molecule has 3 nitrogen and oxygen atoms in total. The number of nitrogens with zero attached hydrogens (tertiary/aromatic N) is 1. The Morgan fingerprint density at radius 1 is 1.38 bits per heavy atom. The molecule has 1 fully saturated rings. The summed E-state index contributed by atoms with van der Waals surface area (Å²) in [6.45, 7) is 3.96. The zero-order valence-electron chi connectivity index (χ0n) is 9.08. The Bertz CT molecular complexity index is 375. The van der Waals surface area contributed by atoms with Crippen LogP contribution in [0, 0.1) is 5.82 Å². The largest absolute Gasteiger partial charge is 0.314 e. The van der Waals surface area contributed by atoms with Gasteiger partial charge in [0.25, 0.3) is 0 Å². The summed E-state index contributed by atoms with van der Waals surface area (Å²) in [7, 11) is 0. The number of ketones is 1. The number of piperazine rings is 1. The highest BCUT2D eigenvalue weighted by Gasteiger charge is 2.14. The average Bonchev–Trinajstić information content (AvgIpc) is 2.30. The van der Waals surface area contributed by atoms with Crippen LogP contribution in [-0.2, 0) is 0 Å². The van der Waals surface area contributed by atoms with Crippen LogP contribution in [-0.4, -0.2) is 43.4 Å². The van der Waals surface area contributed by atoms with Gasteiger partial charge in [0.1, 0.15) is 5.82 Å². The van der Waals surface area contributed by atoms with E-state index in [1.807, 2.05) is 0 Å². The first-order valence-corrected chi connectivity index (χ1v) is 5.47. The predicted molar refractivity (Wildman–Crippen MR) is 60.0 cm³/mol. The van der Waals surface area contributed by atoms with E-state index in [-0.39, 0.29) is 11.6 Å². The highest BCUT2D eigenvalue weighted by Crippen LogP contribution is 2.06. The lowest BCUT2D eigenvalue weighted by atomic mass is 10.1. The molecule has 1 heterocycles. The van der Waals surface area contributed by atoms with E-state index in [0.29, 0.717) is 12.1 Å². The van der Waals surface area contributed by atoms with Crippen molar-refractivity contribution in [2.24, 2.45) is 0 Å². The maximum atomic E-state index is 12.9. The van der Waals surface area contributed by atoms with Crippen molar-refractivity contribution in [1.29, 1.82) is 0 Å². The minimum atomic E-state index is -0.355. The van der Waals surface area contributed by atoms with Crippen molar-refractivity contribution in [2.45, 2.75) is 0 Å². The second kappa shape index (κ2) is 5.18. The third-order valence-corrected chi connectivity index (χ3v) is 2.72. The quantitative estimate of drug-likeness (QED) is 0.772. The summed E-state index contributed by atoms with van der Waals surface area (Å²) in [6.07, 6.45) is 0. The maximum Gasteiger partial charge on any atom is 0.176 e. The fourth-order valence-corrected chi connectivity index (χ4v) is 1.83. The number of carbonyl (C=O) groups excluding carboxylic acids is 1. The number of carbonyl (C=O) groups is 1. The summed E-state index contributed by atoms with van der Waals surface area (Å²) in [5, 5.41) is 3.22. The van der Waals surface area contributed by atoms with Crippen molar-refractivity contribution >= 4 is 5.78 Å². The highest BCUT2D eigenvalue weighted by atomic mass is 19.1. The van der Waals surface area contributed by atoms with Crippen molar-refractivity contribution in [3.8, 4) is 0 Å². The van der Waals surface area contributed by atoms with Crippen molar-refractivity contribution < 1.29 is 9.18 Å². The molecule has 0 amide bonds. The molecule has 2 rings (SSSR count). The summed E-state index contributed by atoms with van der Waals surface area (Å²) < 4.78 is 12.9. The molecular formula is C12H15FN2O. The van der Waals surface area contributed by atoms with Crippen molar-refractivity contribution in [2.75, 3.05) is 32.7 Å². The number of hydrogen-bond acceptors (Lipinski definition) is 3. The van der Waals surface area contributed by atoms with Crippen LogP contribution in [0.2, 0.25) is 0 Å². The molecule has 0 aromatic heterocycles. The normalized spacial score (nSPS) is 17.3. The molecule has 0 bridgehead atoms. The molecule has 16 heavy (non-hydrogen) atoms. The van der Waals surface area contributed by atoms with Crippen molar-refractivity contribution in [1.82, 2.24) is 10.2 Å². The van der Waals surface area contributed by atoms with Crippen molar-refractivity contribution in [3.05, 3.63) is 35.6 Å². The molecule has 1 aromatic rings. The standard InChI is InChI=1S/C12H15FN2O/c13-11-3-1-2-10(8-11)12(16)9-15-6-4-14-5-7-15/h1-3,8,14H,4-7,9H2. The van der Waals surface area contributed by atoms with Gasteiger partial charge in [0.2, 0.25) is 0 Å². The second-order valence-corrected chi connectivity index (χ2v) is 3.96. The van der Waals surface area contributed by atoms with E-state index in [0.717, 1.165) is 26.2 Å². The number of hydrogen-bond donors (Lipinski definition) is 1. The number of halogens is 1. The second-order valence-electron chi connectivity index (χ2n) is 3.96. The van der Waals surface area contributed by atoms with Gasteiger partial charge in [-0.3, -0.25) is 9.69 Å². The SMILES string of the molecule is O=C(CN1CCNCC1)c1cccc(F)c1. The van der Waals surface area contributed by atoms with Crippen molar-refractivity contribution in [3.63, 3.8) is 0 Å². The van der Waals surface area contributed by atoms with E-state index in [2.05, 4.69) is 10.2 Å². The molecule has 0 radical (unpaired) electrons. The number of nitrogens with one attached hydrogen (secondary N) is 1. The Labute approximate surface area is 94.3 Å². The molecule has 0 aliphatic carbocycles. The molecular weight excluding hydrogens is 207 g/mol. The maximum absolute atomic E-state index is 12.9. The summed E-state index contributed by atoms with van der Waals surface area (Å²) in [6, 6.07) is 5.88. The van der Waals surface area contributed by atoms with E-state index in [1.165, 1.54) is 12.1 Å². The van der Waals surface area contributed by atoms with Gasteiger partial charge in [-0.05, 0) is 12.1 Å². The fourth-order valence-electron chi connectivity index (χ4n) is 1.83. The monoisotopic (exact) mass is 222 g/mol. The lowest BCUT2D eigenvalue weighted by Crippen LogP contribution is -2.45. The Hall–Kier alpha value is -1.26. The molecule has 4 heteroatoms. The Morgan fingerprint density at radius 2 is 2.12 bits per heavy atom. The third-order valence-electron chi connectivity index (χ3n) is 2.72. The molecule has 1 aromatic carbocycles. The van der Waals surface area contributed by atoms with Gasteiger partial charge in [0, 0.05) is 31.7 Å².